The van der Waals surface area contributed by atoms with Crippen LogP contribution in [0.1, 0.15) is 46.0 Å². The smallest absolute Gasteiger partial charge is 0.0771 e. The Morgan fingerprint density at radius 3 is 2.46 bits per heavy atom. The first kappa shape index (κ1) is 11.0. The number of hydrogen-bond donors (Lipinski definition) is 2. The molecule has 13 heavy (non-hydrogen) atoms. The zero-order chi connectivity index (χ0) is 9.73. The fraction of sp³-hybridized carbons (Fsp3) is 1.00. The van der Waals surface area contributed by atoms with E-state index in [9.17, 15) is 5.11 Å². The minimum Gasteiger partial charge on any atom is -0.389 e. The van der Waals surface area contributed by atoms with Crippen molar-refractivity contribution in [3.05, 3.63) is 0 Å². The van der Waals surface area contributed by atoms with Crippen molar-refractivity contribution < 1.29 is 5.11 Å². The van der Waals surface area contributed by atoms with Gasteiger partial charge in [-0.25, -0.2) is 0 Å². The summed E-state index contributed by atoms with van der Waals surface area (Å²) in [5.41, 5.74) is -0.378. The summed E-state index contributed by atoms with van der Waals surface area (Å²) in [6, 6.07) is 0. The second-order valence-electron chi connectivity index (χ2n) is 4.79. The van der Waals surface area contributed by atoms with Crippen LogP contribution in [0.2, 0.25) is 0 Å². The van der Waals surface area contributed by atoms with E-state index in [1.165, 1.54) is 19.3 Å². The van der Waals surface area contributed by atoms with Gasteiger partial charge in [-0.1, -0.05) is 26.7 Å². The van der Waals surface area contributed by atoms with Crippen LogP contribution in [0, 0.1) is 5.92 Å². The van der Waals surface area contributed by atoms with E-state index in [0.29, 0.717) is 0 Å². The zero-order valence-corrected chi connectivity index (χ0v) is 8.97. The van der Waals surface area contributed by atoms with E-state index in [0.717, 1.165) is 31.8 Å². The topological polar surface area (TPSA) is 32.3 Å². The van der Waals surface area contributed by atoms with Crippen molar-refractivity contribution in [1.82, 2.24) is 5.32 Å². The van der Waals surface area contributed by atoms with Crippen LogP contribution in [0.5, 0.6) is 0 Å². The van der Waals surface area contributed by atoms with Crippen molar-refractivity contribution in [2.75, 3.05) is 13.1 Å². The van der Waals surface area contributed by atoms with Crippen molar-refractivity contribution in [3.8, 4) is 0 Å². The molecule has 0 unspecified atom stereocenters. The minimum atomic E-state index is -0.378. The van der Waals surface area contributed by atoms with Crippen molar-refractivity contribution in [2.24, 2.45) is 5.92 Å². The summed E-state index contributed by atoms with van der Waals surface area (Å²) in [6.07, 6.45) is 5.57. The van der Waals surface area contributed by atoms with Crippen molar-refractivity contribution in [1.29, 1.82) is 0 Å². The third-order valence-corrected chi connectivity index (χ3v) is 2.89. The molecule has 1 aliphatic carbocycles. The lowest BCUT2D eigenvalue weighted by molar-refractivity contribution is 0.0477. The first-order chi connectivity index (χ1) is 6.12. The van der Waals surface area contributed by atoms with Gasteiger partial charge < -0.3 is 10.4 Å². The highest BCUT2D eigenvalue weighted by Gasteiger charge is 2.30. The monoisotopic (exact) mass is 185 g/mol. The average Bonchev–Trinajstić information content (AvgIpc) is 2.47. The molecule has 0 aliphatic heterocycles. The average molecular weight is 185 g/mol. The molecule has 0 saturated heterocycles. The van der Waals surface area contributed by atoms with E-state index in [4.69, 9.17) is 0 Å². The van der Waals surface area contributed by atoms with Crippen LogP contribution in [0.25, 0.3) is 0 Å². The maximum Gasteiger partial charge on any atom is 0.0771 e. The maximum atomic E-state index is 9.99. The molecular formula is C11H23NO. The Labute approximate surface area is 81.7 Å². The Morgan fingerprint density at radius 2 is 1.92 bits per heavy atom. The third kappa shape index (κ3) is 4.10. The predicted octanol–water partition coefficient (Wildman–Crippen LogP) is 1.93. The third-order valence-electron chi connectivity index (χ3n) is 2.89. The molecule has 1 rings (SSSR count). The molecule has 1 saturated carbocycles. The fourth-order valence-corrected chi connectivity index (χ4v) is 1.92. The van der Waals surface area contributed by atoms with Gasteiger partial charge in [0.05, 0.1) is 5.60 Å². The molecule has 0 amide bonds. The SMILES string of the molecule is CC(C)CCNCC1(O)CCCC1. The van der Waals surface area contributed by atoms with Crippen LogP contribution >= 0.6 is 0 Å². The van der Waals surface area contributed by atoms with Gasteiger partial charge in [-0.05, 0) is 31.7 Å². The molecular weight excluding hydrogens is 162 g/mol. The van der Waals surface area contributed by atoms with Gasteiger partial charge in [0.2, 0.25) is 0 Å². The highest BCUT2D eigenvalue weighted by Crippen LogP contribution is 2.28. The van der Waals surface area contributed by atoms with E-state index in [-0.39, 0.29) is 5.60 Å². The summed E-state index contributed by atoms with van der Waals surface area (Å²) in [7, 11) is 0. The molecule has 0 radical (unpaired) electrons. The molecule has 0 bridgehead atoms. The summed E-state index contributed by atoms with van der Waals surface area (Å²) in [5.74, 6) is 0.755. The molecule has 1 aliphatic rings. The van der Waals surface area contributed by atoms with Gasteiger partial charge in [0.15, 0.2) is 0 Å². The molecule has 78 valence electrons. The van der Waals surface area contributed by atoms with Crippen molar-refractivity contribution in [2.45, 2.75) is 51.6 Å². The lowest BCUT2D eigenvalue weighted by atomic mass is 10.0. The van der Waals surface area contributed by atoms with Gasteiger partial charge in [-0.15, -0.1) is 0 Å². The summed E-state index contributed by atoms with van der Waals surface area (Å²) in [6.45, 7) is 6.29. The largest absolute Gasteiger partial charge is 0.389 e. The number of nitrogens with one attached hydrogen (secondary N) is 1. The molecule has 0 spiro atoms. The van der Waals surface area contributed by atoms with E-state index in [1.807, 2.05) is 0 Å². The lowest BCUT2D eigenvalue weighted by Crippen LogP contribution is -2.38. The van der Waals surface area contributed by atoms with E-state index in [2.05, 4.69) is 19.2 Å². The normalized spacial score (nSPS) is 21.2. The molecule has 1 fully saturated rings. The van der Waals surface area contributed by atoms with Gasteiger partial charge in [0, 0.05) is 6.54 Å². The first-order valence-corrected chi connectivity index (χ1v) is 5.55. The Kier molecular flexibility index (Phi) is 4.20. The van der Waals surface area contributed by atoms with Gasteiger partial charge >= 0.3 is 0 Å². The number of rotatable bonds is 5. The highest BCUT2D eigenvalue weighted by molar-refractivity contribution is 4.86. The molecule has 0 atom stereocenters. The molecule has 2 N–H and O–H groups in total. The number of hydrogen-bond acceptors (Lipinski definition) is 2. The Balaban J connectivity index is 2.04. The van der Waals surface area contributed by atoms with Crippen molar-refractivity contribution in [3.63, 3.8) is 0 Å². The fourth-order valence-electron chi connectivity index (χ4n) is 1.92. The molecule has 2 heteroatoms. The summed E-state index contributed by atoms with van der Waals surface area (Å²) in [5, 5.41) is 13.3. The predicted molar refractivity (Wildman–Crippen MR) is 55.7 cm³/mol. The first-order valence-electron chi connectivity index (χ1n) is 5.55. The second kappa shape index (κ2) is 4.97. The van der Waals surface area contributed by atoms with E-state index >= 15 is 0 Å². The Bertz CT molecular complexity index is 139. The van der Waals surface area contributed by atoms with Crippen LogP contribution in [0.4, 0.5) is 0 Å². The standard InChI is InChI=1S/C11H23NO/c1-10(2)5-8-12-9-11(13)6-3-4-7-11/h10,12-13H,3-9H2,1-2H3. The molecule has 2 nitrogen and oxygen atoms in total. The van der Waals surface area contributed by atoms with Gasteiger partial charge in [0.1, 0.15) is 0 Å². The van der Waals surface area contributed by atoms with Gasteiger partial charge in [-0.3, -0.25) is 0 Å². The van der Waals surface area contributed by atoms with Gasteiger partial charge in [-0.2, -0.15) is 0 Å². The van der Waals surface area contributed by atoms with Crippen LogP contribution in [-0.2, 0) is 0 Å². The van der Waals surface area contributed by atoms with E-state index < -0.39 is 0 Å². The second-order valence-corrected chi connectivity index (χ2v) is 4.79. The molecule has 0 aromatic carbocycles. The quantitative estimate of drug-likeness (QED) is 0.641. The lowest BCUT2D eigenvalue weighted by Gasteiger charge is -2.22. The van der Waals surface area contributed by atoms with Crippen LogP contribution in [0.15, 0.2) is 0 Å². The molecule has 0 aromatic heterocycles. The molecule has 0 aromatic rings. The summed E-state index contributed by atoms with van der Waals surface area (Å²) >= 11 is 0. The maximum absolute atomic E-state index is 9.99. The van der Waals surface area contributed by atoms with E-state index in [1.54, 1.807) is 0 Å². The summed E-state index contributed by atoms with van der Waals surface area (Å²) < 4.78 is 0. The van der Waals surface area contributed by atoms with Crippen molar-refractivity contribution >= 4 is 0 Å². The minimum absolute atomic E-state index is 0.378. The highest BCUT2D eigenvalue weighted by atomic mass is 16.3. The van der Waals surface area contributed by atoms with Crippen LogP contribution in [-0.4, -0.2) is 23.8 Å². The van der Waals surface area contributed by atoms with Gasteiger partial charge in [0.25, 0.3) is 0 Å². The molecule has 0 heterocycles. The van der Waals surface area contributed by atoms with Crippen LogP contribution in [0.3, 0.4) is 0 Å². The summed E-state index contributed by atoms with van der Waals surface area (Å²) in [4.78, 5) is 0. The number of aliphatic hydroxyl groups is 1. The Hall–Kier alpha value is -0.0800. The van der Waals surface area contributed by atoms with Crippen LogP contribution < -0.4 is 5.32 Å². The zero-order valence-electron chi connectivity index (χ0n) is 8.97. The Morgan fingerprint density at radius 1 is 1.31 bits per heavy atom.